The molecule has 0 aromatic heterocycles. The Balaban J connectivity index is 1.98. The van der Waals surface area contributed by atoms with Crippen LogP contribution in [0, 0.1) is 0 Å². The molecule has 6 nitrogen and oxygen atoms in total. The zero-order chi connectivity index (χ0) is 23.8. The molecule has 1 N–H and O–H groups in total. The van der Waals surface area contributed by atoms with Crippen molar-refractivity contribution in [3.05, 3.63) is 84.0 Å². The number of hydrogen-bond donors (Lipinski definition) is 1. The van der Waals surface area contributed by atoms with Gasteiger partial charge in [-0.1, -0.05) is 69.0 Å². The standard InChI is InChI=1S/C27H32N2O4/c1-4-19-33-22-15-13-20(14-16-22)24-23(25(30)21-11-8-7-9-12-21)26(31)27(32)29(24)18-10-17-28(5-2)6-3/h4,7-9,11-16,24,30H,1,5-6,10,17-19H2,2-3H3/t24-/m1/s1. The van der Waals surface area contributed by atoms with E-state index in [0.717, 1.165) is 31.6 Å². The zero-order valence-corrected chi connectivity index (χ0v) is 19.4. The predicted octanol–water partition coefficient (Wildman–Crippen LogP) is 4.41. The maximum atomic E-state index is 13.1. The first-order valence-electron chi connectivity index (χ1n) is 11.4. The van der Waals surface area contributed by atoms with Crippen LogP contribution in [0.3, 0.4) is 0 Å². The Morgan fingerprint density at radius 3 is 2.36 bits per heavy atom. The van der Waals surface area contributed by atoms with Crippen LogP contribution in [-0.2, 0) is 9.59 Å². The summed E-state index contributed by atoms with van der Waals surface area (Å²) in [5.74, 6) is -0.724. The van der Waals surface area contributed by atoms with Crippen LogP contribution in [-0.4, -0.2) is 59.4 Å². The van der Waals surface area contributed by atoms with Gasteiger partial charge in [-0.05, 0) is 43.8 Å². The maximum absolute atomic E-state index is 13.1. The lowest BCUT2D eigenvalue weighted by Crippen LogP contribution is -2.33. The van der Waals surface area contributed by atoms with E-state index in [1.807, 2.05) is 18.2 Å². The highest BCUT2D eigenvalue weighted by Gasteiger charge is 2.45. The number of carbonyl (C=O) groups is 2. The molecule has 1 aliphatic rings. The van der Waals surface area contributed by atoms with Crippen LogP contribution >= 0.6 is 0 Å². The molecule has 0 spiro atoms. The van der Waals surface area contributed by atoms with Crippen molar-refractivity contribution in [1.82, 2.24) is 9.80 Å². The molecule has 0 bridgehead atoms. The van der Waals surface area contributed by atoms with E-state index in [9.17, 15) is 14.7 Å². The summed E-state index contributed by atoms with van der Waals surface area (Å²) in [5.41, 5.74) is 1.38. The van der Waals surface area contributed by atoms with Crippen molar-refractivity contribution in [1.29, 1.82) is 0 Å². The summed E-state index contributed by atoms with van der Waals surface area (Å²) < 4.78 is 5.57. The molecule has 6 heteroatoms. The Kier molecular flexibility index (Phi) is 8.44. The van der Waals surface area contributed by atoms with Gasteiger partial charge in [-0.3, -0.25) is 9.59 Å². The van der Waals surface area contributed by atoms with E-state index in [4.69, 9.17) is 4.74 Å². The van der Waals surface area contributed by atoms with E-state index in [1.54, 1.807) is 47.4 Å². The number of carbonyl (C=O) groups excluding carboxylic acids is 2. The average molecular weight is 449 g/mol. The van der Waals surface area contributed by atoms with Gasteiger partial charge in [0.05, 0.1) is 11.6 Å². The molecule has 3 rings (SSSR count). The number of aliphatic hydroxyl groups is 1. The van der Waals surface area contributed by atoms with Gasteiger partial charge in [0, 0.05) is 12.1 Å². The minimum Gasteiger partial charge on any atom is -0.507 e. The lowest BCUT2D eigenvalue weighted by Gasteiger charge is -2.27. The molecule has 2 aromatic carbocycles. The van der Waals surface area contributed by atoms with Gasteiger partial charge in [0.1, 0.15) is 18.1 Å². The number of likely N-dealkylation sites (tertiary alicyclic amines) is 1. The zero-order valence-electron chi connectivity index (χ0n) is 19.4. The molecule has 174 valence electrons. The lowest BCUT2D eigenvalue weighted by molar-refractivity contribution is -0.140. The third kappa shape index (κ3) is 5.52. The lowest BCUT2D eigenvalue weighted by atomic mass is 9.95. The van der Waals surface area contributed by atoms with Crippen molar-refractivity contribution in [2.75, 3.05) is 32.8 Å². The van der Waals surface area contributed by atoms with Crippen LogP contribution in [0.5, 0.6) is 5.75 Å². The molecule has 2 aromatic rings. The van der Waals surface area contributed by atoms with Crippen molar-refractivity contribution in [3.8, 4) is 5.75 Å². The highest BCUT2D eigenvalue weighted by atomic mass is 16.5. The van der Waals surface area contributed by atoms with Gasteiger partial charge >= 0.3 is 0 Å². The molecule has 1 fully saturated rings. The monoisotopic (exact) mass is 448 g/mol. The second kappa shape index (κ2) is 11.5. The number of Topliss-reactive ketones (excluding diaryl/α,β-unsaturated/α-hetero) is 1. The van der Waals surface area contributed by atoms with Crippen LogP contribution in [0.4, 0.5) is 0 Å². The van der Waals surface area contributed by atoms with Crippen LogP contribution in [0.25, 0.3) is 5.76 Å². The van der Waals surface area contributed by atoms with Gasteiger partial charge in [0.15, 0.2) is 0 Å². The Morgan fingerprint density at radius 1 is 1.09 bits per heavy atom. The molecule has 0 radical (unpaired) electrons. The molecular weight excluding hydrogens is 416 g/mol. The molecular formula is C27H32N2O4. The molecule has 1 saturated heterocycles. The maximum Gasteiger partial charge on any atom is 0.295 e. The summed E-state index contributed by atoms with van der Waals surface area (Å²) in [6.07, 6.45) is 2.40. The van der Waals surface area contributed by atoms with Gasteiger partial charge in [0.2, 0.25) is 0 Å². The molecule has 1 atom stereocenters. The van der Waals surface area contributed by atoms with Crippen molar-refractivity contribution in [2.45, 2.75) is 26.3 Å². The fourth-order valence-corrected chi connectivity index (χ4v) is 4.11. The second-order valence-corrected chi connectivity index (χ2v) is 7.91. The van der Waals surface area contributed by atoms with Gasteiger partial charge in [-0.25, -0.2) is 0 Å². The van der Waals surface area contributed by atoms with Gasteiger partial charge in [-0.2, -0.15) is 0 Å². The molecule has 0 unspecified atom stereocenters. The second-order valence-electron chi connectivity index (χ2n) is 7.91. The largest absolute Gasteiger partial charge is 0.507 e. The van der Waals surface area contributed by atoms with Crippen LogP contribution in [0.1, 0.15) is 37.4 Å². The minimum absolute atomic E-state index is 0.119. The summed E-state index contributed by atoms with van der Waals surface area (Å²) in [6.45, 7) is 11.4. The summed E-state index contributed by atoms with van der Waals surface area (Å²) in [6, 6.07) is 15.5. The first-order valence-corrected chi connectivity index (χ1v) is 11.4. The number of aliphatic hydroxyl groups excluding tert-OH is 1. The van der Waals surface area contributed by atoms with Crippen LogP contribution in [0.15, 0.2) is 72.8 Å². The quantitative estimate of drug-likeness (QED) is 0.239. The molecule has 0 aliphatic carbocycles. The number of nitrogens with zero attached hydrogens (tertiary/aromatic N) is 2. The fraction of sp³-hybridized carbons (Fsp3) is 0.333. The Morgan fingerprint density at radius 2 is 1.76 bits per heavy atom. The number of ether oxygens (including phenoxy) is 1. The van der Waals surface area contributed by atoms with Crippen LogP contribution in [0.2, 0.25) is 0 Å². The predicted molar refractivity (Wildman–Crippen MR) is 130 cm³/mol. The summed E-state index contributed by atoms with van der Waals surface area (Å²) in [5, 5.41) is 11.1. The topological polar surface area (TPSA) is 70.1 Å². The number of hydrogen-bond acceptors (Lipinski definition) is 5. The smallest absolute Gasteiger partial charge is 0.295 e. The molecule has 1 amide bonds. The Bertz CT molecular complexity index is 995. The summed E-state index contributed by atoms with van der Waals surface area (Å²) in [4.78, 5) is 30.0. The van der Waals surface area contributed by atoms with Gasteiger partial charge in [0.25, 0.3) is 11.7 Å². The molecule has 0 saturated carbocycles. The number of ketones is 1. The third-order valence-corrected chi connectivity index (χ3v) is 5.92. The first-order chi connectivity index (χ1) is 16.0. The molecule has 1 heterocycles. The van der Waals surface area contributed by atoms with Crippen molar-refractivity contribution in [2.24, 2.45) is 0 Å². The van der Waals surface area contributed by atoms with E-state index in [1.165, 1.54) is 0 Å². The number of benzene rings is 2. The molecule has 1 aliphatic heterocycles. The highest BCUT2D eigenvalue weighted by Crippen LogP contribution is 2.39. The van der Waals surface area contributed by atoms with Crippen molar-refractivity contribution >= 4 is 17.4 Å². The number of rotatable bonds is 11. The SMILES string of the molecule is C=CCOc1ccc([C@@H]2C(=C(O)c3ccccc3)C(=O)C(=O)N2CCCN(CC)CC)cc1. The van der Waals surface area contributed by atoms with Crippen molar-refractivity contribution < 1.29 is 19.4 Å². The number of amides is 1. The minimum atomic E-state index is -0.657. The van der Waals surface area contributed by atoms with E-state index in [-0.39, 0.29) is 11.3 Å². The summed E-state index contributed by atoms with van der Waals surface area (Å²) >= 11 is 0. The fourth-order valence-electron chi connectivity index (χ4n) is 4.11. The highest BCUT2D eigenvalue weighted by molar-refractivity contribution is 6.46. The summed E-state index contributed by atoms with van der Waals surface area (Å²) in [7, 11) is 0. The average Bonchev–Trinajstić information content (AvgIpc) is 3.10. The van der Waals surface area contributed by atoms with E-state index < -0.39 is 17.7 Å². The van der Waals surface area contributed by atoms with Gasteiger partial charge in [-0.15, -0.1) is 0 Å². The van der Waals surface area contributed by atoms with E-state index in [0.29, 0.717) is 24.5 Å². The normalized spacial score (nSPS) is 17.5. The first kappa shape index (κ1) is 24.3. The van der Waals surface area contributed by atoms with E-state index >= 15 is 0 Å². The van der Waals surface area contributed by atoms with E-state index in [2.05, 4.69) is 25.3 Å². The van der Waals surface area contributed by atoms with Gasteiger partial charge < -0.3 is 19.6 Å². The Labute approximate surface area is 195 Å². The Hall–Kier alpha value is -3.38. The van der Waals surface area contributed by atoms with Crippen molar-refractivity contribution in [3.63, 3.8) is 0 Å². The molecule has 33 heavy (non-hydrogen) atoms. The van der Waals surface area contributed by atoms with Crippen LogP contribution < -0.4 is 4.74 Å². The third-order valence-electron chi connectivity index (χ3n) is 5.92.